The highest BCUT2D eigenvalue weighted by molar-refractivity contribution is 5.76. The summed E-state index contributed by atoms with van der Waals surface area (Å²) in [6.07, 6.45) is 4.31. The van der Waals surface area contributed by atoms with Gasteiger partial charge in [-0.15, -0.1) is 0 Å². The summed E-state index contributed by atoms with van der Waals surface area (Å²) in [6, 6.07) is -0.198. The topological polar surface area (TPSA) is 87.5 Å². The molecule has 1 saturated heterocycles. The van der Waals surface area contributed by atoms with Crippen LogP contribution in [0, 0.1) is 18.8 Å². The molecule has 0 spiro atoms. The third-order valence-corrected chi connectivity index (χ3v) is 3.68. The van der Waals surface area contributed by atoms with Crippen LogP contribution in [0.25, 0.3) is 0 Å². The summed E-state index contributed by atoms with van der Waals surface area (Å²) in [7, 11) is 0. The maximum atomic E-state index is 12.1. The van der Waals surface area contributed by atoms with Crippen molar-refractivity contribution in [1.29, 1.82) is 0 Å². The molecule has 21 heavy (non-hydrogen) atoms. The molecule has 1 aromatic heterocycles. The first-order chi connectivity index (χ1) is 9.95. The van der Waals surface area contributed by atoms with E-state index in [-0.39, 0.29) is 18.5 Å². The summed E-state index contributed by atoms with van der Waals surface area (Å²) in [6.45, 7) is 5.90. The monoisotopic (exact) mass is 294 g/mol. The van der Waals surface area contributed by atoms with Crippen LogP contribution < -0.4 is 5.32 Å². The van der Waals surface area contributed by atoms with Crippen LogP contribution in [-0.4, -0.2) is 51.4 Å². The van der Waals surface area contributed by atoms with E-state index in [9.17, 15) is 9.59 Å². The van der Waals surface area contributed by atoms with Gasteiger partial charge in [-0.25, -0.2) is 4.79 Å². The number of urea groups is 1. The average Bonchev–Trinajstić information content (AvgIpc) is 2.83. The number of likely N-dealkylation sites (tertiary alicyclic amines) is 1. The Labute approximate surface area is 123 Å². The molecule has 2 atom stereocenters. The van der Waals surface area contributed by atoms with Crippen molar-refractivity contribution < 1.29 is 14.7 Å². The Bertz CT molecular complexity index is 514. The minimum Gasteiger partial charge on any atom is -0.481 e. The number of carboxylic acids is 1. The maximum absolute atomic E-state index is 12.1. The summed E-state index contributed by atoms with van der Waals surface area (Å²) in [5.41, 5.74) is 1.08. The third-order valence-electron chi connectivity index (χ3n) is 3.68. The van der Waals surface area contributed by atoms with Gasteiger partial charge in [-0.3, -0.25) is 9.48 Å². The van der Waals surface area contributed by atoms with Crippen LogP contribution in [0.5, 0.6) is 0 Å². The molecule has 2 rings (SSSR count). The number of hydrogen-bond donors (Lipinski definition) is 2. The summed E-state index contributed by atoms with van der Waals surface area (Å²) in [4.78, 5) is 24.8. The minimum atomic E-state index is -0.827. The van der Waals surface area contributed by atoms with Gasteiger partial charge < -0.3 is 15.3 Å². The summed E-state index contributed by atoms with van der Waals surface area (Å²) < 4.78 is 1.77. The van der Waals surface area contributed by atoms with Gasteiger partial charge in [0.25, 0.3) is 0 Å². The van der Waals surface area contributed by atoms with E-state index in [1.54, 1.807) is 15.8 Å². The van der Waals surface area contributed by atoms with Gasteiger partial charge >= 0.3 is 12.0 Å². The van der Waals surface area contributed by atoms with Gasteiger partial charge in [-0.05, 0) is 24.8 Å². The second-order valence-corrected chi connectivity index (χ2v) is 5.79. The van der Waals surface area contributed by atoms with Crippen LogP contribution >= 0.6 is 0 Å². The molecule has 116 valence electrons. The number of aliphatic carboxylic acids is 1. The maximum Gasteiger partial charge on any atom is 0.317 e. The molecular weight excluding hydrogens is 272 g/mol. The van der Waals surface area contributed by atoms with Crippen LogP contribution in [0.1, 0.15) is 18.9 Å². The second kappa shape index (κ2) is 6.60. The number of carbonyl (C=O) groups is 2. The Morgan fingerprint density at radius 1 is 1.48 bits per heavy atom. The van der Waals surface area contributed by atoms with Crippen LogP contribution in [0.3, 0.4) is 0 Å². The number of aryl methyl sites for hydroxylation is 1. The zero-order valence-corrected chi connectivity index (χ0v) is 12.5. The van der Waals surface area contributed by atoms with Crippen molar-refractivity contribution in [3.8, 4) is 0 Å². The van der Waals surface area contributed by atoms with Crippen LogP contribution in [0.15, 0.2) is 12.4 Å². The van der Waals surface area contributed by atoms with Crippen molar-refractivity contribution in [2.45, 2.75) is 26.8 Å². The van der Waals surface area contributed by atoms with E-state index < -0.39 is 11.9 Å². The molecule has 2 heterocycles. The van der Waals surface area contributed by atoms with E-state index in [1.807, 2.05) is 20.0 Å². The lowest BCUT2D eigenvalue weighted by atomic mass is 9.91. The SMILES string of the molecule is Cc1cnn(CCNC(=O)N2CC(C)CC(C(=O)O)C2)c1. The molecular formula is C14H22N4O3. The normalized spacial score (nSPS) is 22.1. The number of hydrogen-bond acceptors (Lipinski definition) is 3. The molecule has 0 radical (unpaired) electrons. The highest BCUT2D eigenvalue weighted by Crippen LogP contribution is 2.21. The first kappa shape index (κ1) is 15.3. The van der Waals surface area contributed by atoms with Crippen molar-refractivity contribution in [2.75, 3.05) is 19.6 Å². The number of piperidine rings is 1. The lowest BCUT2D eigenvalue weighted by Gasteiger charge is -2.34. The van der Waals surface area contributed by atoms with Gasteiger partial charge in [-0.1, -0.05) is 6.92 Å². The Morgan fingerprint density at radius 2 is 2.24 bits per heavy atom. The fraction of sp³-hybridized carbons (Fsp3) is 0.643. The highest BCUT2D eigenvalue weighted by Gasteiger charge is 2.31. The molecule has 0 saturated carbocycles. The third kappa shape index (κ3) is 4.21. The van der Waals surface area contributed by atoms with Gasteiger partial charge in [0, 0.05) is 25.8 Å². The lowest BCUT2D eigenvalue weighted by molar-refractivity contribution is -0.143. The molecule has 0 bridgehead atoms. The molecule has 1 aliphatic rings. The number of carbonyl (C=O) groups excluding carboxylic acids is 1. The number of amides is 2. The number of rotatable bonds is 4. The van der Waals surface area contributed by atoms with E-state index in [2.05, 4.69) is 10.4 Å². The largest absolute Gasteiger partial charge is 0.481 e. The van der Waals surface area contributed by atoms with E-state index in [1.165, 1.54) is 0 Å². The van der Waals surface area contributed by atoms with Gasteiger partial charge in [0.05, 0.1) is 18.7 Å². The molecule has 1 aromatic rings. The summed E-state index contributed by atoms with van der Waals surface area (Å²) in [5.74, 6) is -1.08. The Morgan fingerprint density at radius 3 is 2.86 bits per heavy atom. The van der Waals surface area contributed by atoms with Crippen molar-refractivity contribution in [3.63, 3.8) is 0 Å². The zero-order chi connectivity index (χ0) is 15.4. The molecule has 2 N–H and O–H groups in total. The highest BCUT2D eigenvalue weighted by atomic mass is 16.4. The van der Waals surface area contributed by atoms with Crippen LogP contribution in [-0.2, 0) is 11.3 Å². The number of nitrogens with one attached hydrogen (secondary N) is 1. The standard InChI is InChI=1S/C14H22N4O3/c1-10-5-12(13(19)20)9-17(7-10)14(21)15-3-4-18-8-11(2)6-16-18/h6,8,10,12H,3-5,7,9H2,1-2H3,(H,15,21)(H,19,20). The van der Waals surface area contributed by atoms with E-state index in [0.29, 0.717) is 26.1 Å². The summed E-state index contributed by atoms with van der Waals surface area (Å²) >= 11 is 0. The summed E-state index contributed by atoms with van der Waals surface area (Å²) in [5, 5.41) is 16.1. The minimum absolute atomic E-state index is 0.198. The first-order valence-corrected chi connectivity index (χ1v) is 7.20. The van der Waals surface area contributed by atoms with Crippen molar-refractivity contribution in [2.24, 2.45) is 11.8 Å². The Kier molecular flexibility index (Phi) is 4.82. The smallest absolute Gasteiger partial charge is 0.317 e. The van der Waals surface area contributed by atoms with Crippen molar-refractivity contribution >= 4 is 12.0 Å². The molecule has 1 fully saturated rings. The number of carboxylic acid groups (broad SMARTS) is 1. The quantitative estimate of drug-likeness (QED) is 0.865. The fourth-order valence-electron chi connectivity index (χ4n) is 2.67. The molecule has 7 heteroatoms. The Balaban J connectivity index is 1.80. The molecule has 0 aromatic carbocycles. The fourth-order valence-corrected chi connectivity index (χ4v) is 2.67. The van der Waals surface area contributed by atoms with Gasteiger partial charge in [0.1, 0.15) is 0 Å². The lowest BCUT2D eigenvalue weighted by Crippen LogP contribution is -2.49. The second-order valence-electron chi connectivity index (χ2n) is 5.79. The average molecular weight is 294 g/mol. The first-order valence-electron chi connectivity index (χ1n) is 7.20. The molecule has 2 amide bonds. The van der Waals surface area contributed by atoms with Gasteiger partial charge in [-0.2, -0.15) is 5.10 Å². The van der Waals surface area contributed by atoms with Gasteiger partial charge in [0.15, 0.2) is 0 Å². The molecule has 2 unspecified atom stereocenters. The predicted octanol–water partition coefficient (Wildman–Crippen LogP) is 0.944. The van der Waals surface area contributed by atoms with E-state index in [4.69, 9.17) is 5.11 Å². The zero-order valence-electron chi connectivity index (χ0n) is 12.5. The predicted molar refractivity (Wildman–Crippen MR) is 76.8 cm³/mol. The van der Waals surface area contributed by atoms with Crippen LogP contribution in [0.2, 0.25) is 0 Å². The van der Waals surface area contributed by atoms with Crippen molar-refractivity contribution in [3.05, 3.63) is 18.0 Å². The number of nitrogens with zero attached hydrogens (tertiary/aromatic N) is 3. The van der Waals surface area contributed by atoms with Gasteiger partial charge in [0.2, 0.25) is 0 Å². The molecule has 1 aliphatic heterocycles. The number of aromatic nitrogens is 2. The molecule has 7 nitrogen and oxygen atoms in total. The van der Waals surface area contributed by atoms with E-state index in [0.717, 1.165) is 5.56 Å². The van der Waals surface area contributed by atoms with E-state index >= 15 is 0 Å². The van der Waals surface area contributed by atoms with Crippen molar-refractivity contribution in [1.82, 2.24) is 20.0 Å². The Hall–Kier alpha value is -2.05. The molecule has 0 aliphatic carbocycles. The van der Waals surface area contributed by atoms with Crippen LogP contribution in [0.4, 0.5) is 4.79 Å².